The summed E-state index contributed by atoms with van der Waals surface area (Å²) in [5, 5.41) is 9.53. The number of piperidine rings is 2. The molecule has 2 heterocycles. The summed E-state index contributed by atoms with van der Waals surface area (Å²) in [4.78, 5) is 0. The normalized spacial score (nSPS) is 42.0. The van der Waals surface area contributed by atoms with Gasteiger partial charge in [0, 0.05) is 20.1 Å². The Morgan fingerprint density at radius 3 is 1.40 bits per heavy atom. The summed E-state index contributed by atoms with van der Waals surface area (Å²) in [5.74, 6) is 1.63. The quantitative estimate of drug-likeness (QED) is 0.661. The van der Waals surface area contributed by atoms with Crippen molar-refractivity contribution in [1.29, 1.82) is 0 Å². The van der Waals surface area contributed by atoms with Crippen molar-refractivity contribution in [3.8, 4) is 0 Å². The standard InChI is InChI=1S/C12H22N2.Ir/c1-9-3-5-11(13-7-9)12-6-4-10(2)8-14-12;/h9-12H,3-8H2,1-2H3;/q-2;. The van der Waals surface area contributed by atoms with Gasteiger partial charge in [0.25, 0.3) is 0 Å². The zero-order valence-electron chi connectivity index (χ0n) is 9.78. The molecule has 2 rings (SSSR count). The molecule has 2 saturated heterocycles. The maximum absolute atomic E-state index is 4.77. The van der Waals surface area contributed by atoms with Crippen LogP contribution in [0.1, 0.15) is 39.5 Å². The predicted octanol–water partition coefficient (Wildman–Crippen LogP) is 3.33. The number of hydrogen-bond donors (Lipinski definition) is 0. The smallest absolute Gasteiger partial charge is 0 e. The first-order valence-corrected chi connectivity index (χ1v) is 6.09. The molecule has 1 radical (unpaired) electrons. The van der Waals surface area contributed by atoms with Gasteiger partial charge in [-0.15, -0.1) is 13.1 Å². The van der Waals surface area contributed by atoms with E-state index >= 15 is 0 Å². The molecule has 0 aromatic heterocycles. The van der Waals surface area contributed by atoms with Crippen LogP contribution in [0.2, 0.25) is 0 Å². The van der Waals surface area contributed by atoms with Crippen molar-refractivity contribution in [2.24, 2.45) is 11.8 Å². The van der Waals surface area contributed by atoms with Crippen LogP contribution >= 0.6 is 0 Å². The van der Waals surface area contributed by atoms with Crippen LogP contribution in [0.3, 0.4) is 0 Å². The SMILES string of the molecule is CC1CCC(C2CCC(C)C[N-]2)[N-]C1.[Ir]. The summed E-state index contributed by atoms with van der Waals surface area (Å²) in [6.45, 7) is 6.76. The van der Waals surface area contributed by atoms with Gasteiger partial charge < -0.3 is 10.6 Å². The summed E-state index contributed by atoms with van der Waals surface area (Å²) in [5.41, 5.74) is 0. The van der Waals surface area contributed by atoms with E-state index in [0.717, 1.165) is 24.9 Å². The van der Waals surface area contributed by atoms with Gasteiger partial charge in [0.1, 0.15) is 0 Å². The van der Waals surface area contributed by atoms with Crippen LogP contribution < -0.4 is 0 Å². The fourth-order valence-corrected chi connectivity index (χ4v) is 2.53. The summed E-state index contributed by atoms with van der Waals surface area (Å²) in [6, 6.07) is 1.14. The molecule has 2 aliphatic heterocycles. The van der Waals surface area contributed by atoms with Gasteiger partial charge in [-0.3, -0.25) is 0 Å². The van der Waals surface area contributed by atoms with Gasteiger partial charge in [0.05, 0.1) is 0 Å². The first-order valence-electron chi connectivity index (χ1n) is 6.09. The average molecular weight is 387 g/mol. The third-order valence-corrected chi connectivity index (χ3v) is 3.66. The molecule has 4 unspecified atom stereocenters. The van der Waals surface area contributed by atoms with E-state index in [0.29, 0.717) is 12.1 Å². The summed E-state index contributed by atoms with van der Waals surface area (Å²) < 4.78 is 0. The first kappa shape index (κ1) is 13.6. The molecule has 2 nitrogen and oxygen atoms in total. The minimum absolute atomic E-state index is 0. The Morgan fingerprint density at radius 2 is 1.13 bits per heavy atom. The maximum atomic E-state index is 4.77. The third kappa shape index (κ3) is 3.81. The summed E-state index contributed by atoms with van der Waals surface area (Å²) in [6.07, 6.45) is 5.28. The van der Waals surface area contributed by atoms with Crippen molar-refractivity contribution in [1.82, 2.24) is 0 Å². The fraction of sp³-hybridized carbons (Fsp3) is 1.00. The predicted molar refractivity (Wildman–Crippen MR) is 60.8 cm³/mol. The fourth-order valence-electron chi connectivity index (χ4n) is 2.53. The van der Waals surface area contributed by atoms with Crippen molar-refractivity contribution in [2.75, 3.05) is 13.1 Å². The van der Waals surface area contributed by atoms with Crippen molar-refractivity contribution < 1.29 is 20.1 Å². The Bertz CT molecular complexity index is 150. The molecule has 0 aliphatic carbocycles. The molecule has 0 bridgehead atoms. The van der Waals surface area contributed by atoms with E-state index in [1.165, 1.54) is 25.7 Å². The Kier molecular flexibility index (Phi) is 5.76. The minimum Gasteiger partial charge on any atom is -0.660 e. The van der Waals surface area contributed by atoms with Crippen LogP contribution in [0.4, 0.5) is 0 Å². The van der Waals surface area contributed by atoms with Crippen LogP contribution in [-0.2, 0) is 20.1 Å². The molecule has 4 atom stereocenters. The van der Waals surface area contributed by atoms with E-state index in [4.69, 9.17) is 10.6 Å². The molecule has 0 N–H and O–H groups in total. The van der Waals surface area contributed by atoms with Crippen molar-refractivity contribution in [3.05, 3.63) is 10.6 Å². The van der Waals surface area contributed by atoms with Gasteiger partial charge in [0.2, 0.25) is 0 Å². The van der Waals surface area contributed by atoms with E-state index in [1.54, 1.807) is 0 Å². The number of hydrogen-bond acceptors (Lipinski definition) is 0. The molecule has 0 saturated carbocycles. The molecule has 91 valence electrons. The summed E-state index contributed by atoms with van der Waals surface area (Å²) in [7, 11) is 0. The second-order valence-corrected chi connectivity index (χ2v) is 5.23. The molecule has 2 fully saturated rings. The van der Waals surface area contributed by atoms with Gasteiger partial charge >= 0.3 is 0 Å². The van der Waals surface area contributed by atoms with Crippen LogP contribution in [-0.4, -0.2) is 25.2 Å². The third-order valence-electron chi connectivity index (χ3n) is 3.66. The van der Waals surface area contributed by atoms with Gasteiger partial charge in [-0.25, -0.2) is 0 Å². The first-order chi connectivity index (χ1) is 6.75. The Morgan fingerprint density at radius 1 is 0.733 bits per heavy atom. The van der Waals surface area contributed by atoms with Gasteiger partial charge in [0.15, 0.2) is 0 Å². The van der Waals surface area contributed by atoms with Gasteiger partial charge in [-0.1, -0.05) is 51.4 Å². The zero-order valence-corrected chi connectivity index (χ0v) is 12.2. The molecular formula is C12H22IrN2-2. The topological polar surface area (TPSA) is 28.2 Å². The second kappa shape index (κ2) is 6.34. The van der Waals surface area contributed by atoms with E-state index in [2.05, 4.69) is 13.8 Å². The molecule has 2 aliphatic rings. The van der Waals surface area contributed by atoms with E-state index in [-0.39, 0.29) is 20.1 Å². The second-order valence-electron chi connectivity index (χ2n) is 5.23. The average Bonchev–Trinajstić information content (AvgIpc) is 2.21. The maximum Gasteiger partial charge on any atom is 0 e. The van der Waals surface area contributed by atoms with Gasteiger partial charge in [-0.05, 0) is 0 Å². The van der Waals surface area contributed by atoms with Crippen LogP contribution in [0.25, 0.3) is 10.6 Å². The zero-order chi connectivity index (χ0) is 9.97. The minimum atomic E-state index is 0. The van der Waals surface area contributed by atoms with Crippen LogP contribution in [0, 0.1) is 11.8 Å². The molecule has 0 aromatic rings. The number of rotatable bonds is 1. The monoisotopic (exact) mass is 387 g/mol. The van der Waals surface area contributed by atoms with Crippen LogP contribution in [0.5, 0.6) is 0 Å². The van der Waals surface area contributed by atoms with Crippen molar-refractivity contribution in [3.63, 3.8) is 0 Å². The molecular weight excluding hydrogens is 364 g/mol. The molecule has 3 heteroatoms. The number of nitrogens with zero attached hydrogens (tertiary/aromatic N) is 2. The molecule has 15 heavy (non-hydrogen) atoms. The van der Waals surface area contributed by atoms with Crippen LogP contribution in [0.15, 0.2) is 0 Å². The van der Waals surface area contributed by atoms with E-state index in [9.17, 15) is 0 Å². The van der Waals surface area contributed by atoms with Crippen molar-refractivity contribution in [2.45, 2.75) is 51.6 Å². The summed E-state index contributed by atoms with van der Waals surface area (Å²) >= 11 is 0. The molecule has 0 spiro atoms. The Balaban J connectivity index is 0.00000112. The Hall–Kier alpha value is 0.569. The van der Waals surface area contributed by atoms with Gasteiger partial charge in [-0.2, -0.15) is 12.1 Å². The largest absolute Gasteiger partial charge is 0.660 e. The van der Waals surface area contributed by atoms with Crippen molar-refractivity contribution >= 4 is 0 Å². The molecule has 0 amide bonds. The molecule has 0 aromatic carbocycles. The Labute approximate surface area is 107 Å². The van der Waals surface area contributed by atoms with E-state index in [1.807, 2.05) is 0 Å². The van der Waals surface area contributed by atoms with E-state index < -0.39 is 0 Å².